The maximum Gasteiger partial charge on any atom is 0.241 e. The molecule has 0 radical (unpaired) electrons. The fourth-order valence-electron chi connectivity index (χ4n) is 4.32. The van der Waals surface area contributed by atoms with Crippen molar-refractivity contribution in [2.75, 3.05) is 39.6 Å². The Morgan fingerprint density at radius 3 is 2.78 bits per heavy atom. The second-order valence-electron chi connectivity index (χ2n) is 8.98. The highest BCUT2D eigenvalue weighted by molar-refractivity contribution is 7.98. The molecule has 1 unspecified atom stereocenters. The molecule has 4 rings (SSSR count). The van der Waals surface area contributed by atoms with Gasteiger partial charge in [-0.05, 0) is 67.5 Å². The van der Waals surface area contributed by atoms with E-state index < -0.39 is 0 Å². The van der Waals surface area contributed by atoms with E-state index in [0.29, 0.717) is 42.8 Å². The molecule has 0 saturated carbocycles. The van der Waals surface area contributed by atoms with Crippen LogP contribution in [0, 0.1) is 11.7 Å². The lowest BCUT2D eigenvalue weighted by atomic mass is 9.97. The van der Waals surface area contributed by atoms with E-state index in [0.717, 1.165) is 48.4 Å². The highest BCUT2D eigenvalue weighted by Crippen LogP contribution is 2.31. The van der Waals surface area contributed by atoms with E-state index in [2.05, 4.69) is 20.4 Å². The van der Waals surface area contributed by atoms with E-state index in [1.165, 1.54) is 12.1 Å². The van der Waals surface area contributed by atoms with Gasteiger partial charge in [-0.15, -0.1) is 0 Å². The molecular formula is C27H33FN4O4S. The van der Waals surface area contributed by atoms with Gasteiger partial charge in [0.25, 0.3) is 0 Å². The SMILES string of the molecule is COc1ccc(-c2noc(CN3CCCC(C(=O)NCCCSCc4ccc(F)cc4)C3)n2)cc1OC. The fraction of sp³-hybridized carbons (Fsp3) is 0.444. The highest BCUT2D eigenvalue weighted by Gasteiger charge is 2.26. The molecule has 198 valence electrons. The molecule has 1 aliphatic heterocycles. The molecule has 1 N–H and O–H groups in total. The number of ether oxygens (including phenoxy) is 2. The minimum Gasteiger partial charge on any atom is -0.493 e. The van der Waals surface area contributed by atoms with Gasteiger partial charge in [0.05, 0.1) is 26.7 Å². The Hall–Kier alpha value is -3.11. The number of hydrogen-bond donors (Lipinski definition) is 1. The van der Waals surface area contributed by atoms with Crippen LogP contribution in [0.5, 0.6) is 11.5 Å². The molecule has 2 aromatic carbocycles. The van der Waals surface area contributed by atoms with Crippen LogP contribution in [-0.2, 0) is 17.1 Å². The summed E-state index contributed by atoms with van der Waals surface area (Å²) in [6.45, 7) is 2.71. The molecule has 0 bridgehead atoms. The summed E-state index contributed by atoms with van der Waals surface area (Å²) in [6, 6.07) is 12.1. The van der Waals surface area contributed by atoms with Crippen LogP contribution < -0.4 is 14.8 Å². The quantitative estimate of drug-likeness (QED) is 0.343. The monoisotopic (exact) mass is 528 g/mol. The van der Waals surface area contributed by atoms with Crippen LogP contribution in [0.3, 0.4) is 0 Å². The van der Waals surface area contributed by atoms with Crippen LogP contribution in [0.2, 0.25) is 0 Å². The third-order valence-corrected chi connectivity index (χ3v) is 7.41. The minimum absolute atomic E-state index is 0.0474. The van der Waals surface area contributed by atoms with Crippen molar-refractivity contribution in [3.63, 3.8) is 0 Å². The van der Waals surface area contributed by atoms with Crippen molar-refractivity contribution in [3.05, 3.63) is 59.7 Å². The van der Waals surface area contributed by atoms with Gasteiger partial charge in [-0.1, -0.05) is 17.3 Å². The van der Waals surface area contributed by atoms with E-state index >= 15 is 0 Å². The van der Waals surface area contributed by atoms with E-state index in [-0.39, 0.29) is 17.6 Å². The van der Waals surface area contributed by atoms with Crippen LogP contribution in [-0.4, -0.2) is 60.6 Å². The van der Waals surface area contributed by atoms with E-state index in [1.54, 1.807) is 26.0 Å². The smallest absolute Gasteiger partial charge is 0.241 e. The summed E-state index contributed by atoms with van der Waals surface area (Å²) in [7, 11) is 3.18. The highest BCUT2D eigenvalue weighted by atomic mass is 32.2. The number of carbonyl (C=O) groups is 1. The number of piperidine rings is 1. The van der Waals surface area contributed by atoms with Gasteiger partial charge in [-0.25, -0.2) is 4.39 Å². The van der Waals surface area contributed by atoms with E-state index in [1.807, 2.05) is 30.3 Å². The van der Waals surface area contributed by atoms with Crippen molar-refractivity contribution in [2.24, 2.45) is 5.92 Å². The molecule has 8 nitrogen and oxygen atoms in total. The molecule has 3 aromatic rings. The maximum atomic E-state index is 13.0. The third-order valence-electron chi connectivity index (χ3n) is 6.29. The molecule has 1 saturated heterocycles. The molecule has 1 amide bonds. The number of hydrogen-bond acceptors (Lipinski definition) is 8. The zero-order valence-electron chi connectivity index (χ0n) is 21.2. The molecule has 0 spiro atoms. The topological polar surface area (TPSA) is 89.7 Å². The summed E-state index contributed by atoms with van der Waals surface area (Å²) in [5.74, 6) is 3.86. The number of carbonyl (C=O) groups excluding carboxylic acids is 1. The first-order valence-electron chi connectivity index (χ1n) is 12.4. The second-order valence-corrected chi connectivity index (χ2v) is 10.1. The predicted molar refractivity (Wildman–Crippen MR) is 141 cm³/mol. The summed E-state index contributed by atoms with van der Waals surface area (Å²) < 4.78 is 29.1. The van der Waals surface area contributed by atoms with Gasteiger partial charge in [-0.2, -0.15) is 16.7 Å². The molecule has 2 heterocycles. The average molecular weight is 529 g/mol. The summed E-state index contributed by atoms with van der Waals surface area (Å²) in [4.78, 5) is 19.5. The van der Waals surface area contributed by atoms with Crippen LogP contribution in [0.15, 0.2) is 47.0 Å². The molecule has 1 aromatic heterocycles. The number of nitrogens with one attached hydrogen (secondary N) is 1. The number of thioether (sulfide) groups is 1. The number of rotatable bonds is 12. The third kappa shape index (κ3) is 7.69. The molecule has 37 heavy (non-hydrogen) atoms. The van der Waals surface area contributed by atoms with Crippen molar-refractivity contribution in [1.29, 1.82) is 0 Å². The normalized spacial score (nSPS) is 15.9. The van der Waals surface area contributed by atoms with Crippen molar-refractivity contribution < 1.29 is 23.2 Å². The van der Waals surface area contributed by atoms with Gasteiger partial charge in [0.2, 0.25) is 17.6 Å². The molecule has 10 heteroatoms. The van der Waals surface area contributed by atoms with Crippen LogP contribution in [0.1, 0.15) is 30.7 Å². The molecule has 1 aliphatic rings. The van der Waals surface area contributed by atoms with Gasteiger partial charge in [-0.3, -0.25) is 9.69 Å². The van der Waals surface area contributed by atoms with Gasteiger partial charge in [0.15, 0.2) is 11.5 Å². The van der Waals surface area contributed by atoms with Crippen molar-refractivity contribution in [2.45, 2.75) is 31.6 Å². The summed E-state index contributed by atoms with van der Waals surface area (Å²) in [5, 5.41) is 7.20. The van der Waals surface area contributed by atoms with Gasteiger partial charge < -0.3 is 19.3 Å². The fourth-order valence-corrected chi connectivity index (χ4v) is 5.24. The lowest BCUT2D eigenvalue weighted by molar-refractivity contribution is -0.126. The van der Waals surface area contributed by atoms with Crippen LogP contribution >= 0.6 is 11.8 Å². The molecule has 1 atom stereocenters. The van der Waals surface area contributed by atoms with Crippen molar-refractivity contribution in [1.82, 2.24) is 20.4 Å². The Morgan fingerprint density at radius 2 is 2.00 bits per heavy atom. The zero-order chi connectivity index (χ0) is 26.0. The number of methoxy groups -OCH3 is 2. The Morgan fingerprint density at radius 1 is 1.19 bits per heavy atom. The summed E-state index contributed by atoms with van der Waals surface area (Å²) in [6.07, 6.45) is 2.72. The van der Waals surface area contributed by atoms with Gasteiger partial charge >= 0.3 is 0 Å². The first-order chi connectivity index (χ1) is 18.1. The number of nitrogens with zero attached hydrogens (tertiary/aromatic N) is 3. The Kier molecular flexibility index (Phi) is 9.78. The predicted octanol–water partition coefficient (Wildman–Crippen LogP) is 4.54. The van der Waals surface area contributed by atoms with Crippen molar-refractivity contribution in [3.8, 4) is 22.9 Å². The Balaban J connectivity index is 1.19. The Bertz CT molecular complexity index is 1160. The zero-order valence-corrected chi connectivity index (χ0v) is 22.1. The molecule has 0 aliphatic carbocycles. The number of benzene rings is 2. The largest absolute Gasteiger partial charge is 0.493 e. The van der Waals surface area contributed by atoms with Gasteiger partial charge in [0.1, 0.15) is 5.82 Å². The molecule has 1 fully saturated rings. The van der Waals surface area contributed by atoms with Crippen molar-refractivity contribution >= 4 is 17.7 Å². The minimum atomic E-state index is -0.214. The van der Waals surface area contributed by atoms with Crippen LogP contribution in [0.4, 0.5) is 4.39 Å². The number of likely N-dealkylation sites (tertiary alicyclic amines) is 1. The first kappa shape index (κ1) is 26.9. The van der Waals surface area contributed by atoms with E-state index in [9.17, 15) is 9.18 Å². The van der Waals surface area contributed by atoms with Crippen LogP contribution in [0.25, 0.3) is 11.4 Å². The van der Waals surface area contributed by atoms with Gasteiger partial charge in [0, 0.05) is 24.4 Å². The first-order valence-corrected chi connectivity index (χ1v) is 13.6. The van der Waals surface area contributed by atoms with E-state index in [4.69, 9.17) is 14.0 Å². The summed E-state index contributed by atoms with van der Waals surface area (Å²) >= 11 is 1.79. The standard InChI is InChI=1S/C27H33FN4O4S/c1-34-23-11-8-20(15-24(23)35-2)26-30-25(36-31-26)17-32-13-3-5-21(16-32)27(33)29-12-4-14-37-18-19-6-9-22(28)10-7-19/h6-11,15,21H,3-5,12-14,16-18H2,1-2H3,(H,29,33). The lowest BCUT2D eigenvalue weighted by Gasteiger charge is -2.30. The Labute approximate surface area is 220 Å². The maximum absolute atomic E-state index is 13.0. The second kappa shape index (κ2) is 13.4. The number of amides is 1. The number of halogens is 1. The molecular weight excluding hydrogens is 495 g/mol. The summed E-state index contributed by atoms with van der Waals surface area (Å²) in [5.41, 5.74) is 1.88. The number of aromatic nitrogens is 2. The lowest BCUT2D eigenvalue weighted by Crippen LogP contribution is -2.43. The average Bonchev–Trinajstić information content (AvgIpc) is 3.39.